The first kappa shape index (κ1) is 13.1. The van der Waals surface area contributed by atoms with E-state index in [1.165, 1.54) is 12.1 Å². The van der Waals surface area contributed by atoms with Crippen LogP contribution in [0.5, 0.6) is 0 Å². The fourth-order valence-corrected chi connectivity index (χ4v) is 1.28. The summed E-state index contributed by atoms with van der Waals surface area (Å²) in [4.78, 5) is 11.4. The maximum absolute atomic E-state index is 13.4. The lowest BCUT2D eigenvalue weighted by Crippen LogP contribution is -2.21. The molecule has 0 saturated carbocycles. The summed E-state index contributed by atoms with van der Waals surface area (Å²) in [6.45, 7) is 3.29. The maximum Gasteiger partial charge on any atom is 0.225 e. The number of rotatable bonds is 5. The number of hydrogen-bond donors (Lipinski definition) is 2. The van der Waals surface area contributed by atoms with Crippen LogP contribution in [0.3, 0.4) is 0 Å². The second kappa shape index (κ2) is 6.61. The third kappa shape index (κ3) is 4.21. The zero-order valence-corrected chi connectivity index (χ0v) is 9.59. The number of benzene rings is 1. The lowest BCUT2D eigenvalue weighted by Gasteiger charge is -2.06. The molecule has 0 unspecified atom stereocenters. The number of nitrogens with one attached hydrogen (secondary N) is 2. The summed E-state index contributed by atoms with van der Waals surface area (Å²) in [6, 6.07) is 5.77. The summed E-state index contributed by atoms with van der Waals surface area (Å²) in [6.07, 6.45) is 0.285. The van der Waals surface area contributed by atoms with Crippen molar-refractivity contribution in [1.29, 1.82) is 5.26 Å². The second-order valence-electron chi connectivity index (χ2n) is 3.46. The number of hydrogen-bond acceptors (Lipinski definition) is 3. The van der Waals surface area contributed by atoms with Gasteiger partial charge in [0, 0.05) is 13.0 Å². The molecule has 1 amide bonds. The number of nitriles is 1. The first-order chi connectivity index (χ1) is 8.17. The molecule has 1 rings (SSSR count). The van der Waals surface area contributed by atoms with E-state index in [-0.39, 0.29) is 23.6 Å². The highest BCUT2D eigenvalue weighted by Gasteiger charge is 2.07. The molecule has 0 radical (unpaired) electrons. The van der Waals surface area contributed by atoms with Crippen LogP contribution in [-0.2, 0) is 4.79 Å². The zero-order valence-electron chi connectivity index (χ0n) is 9.59. The predicted molar refractivity (Wildman–Crippen MR) is 62.9 cm³/mol. The van der Waals surface area contributed by atoms with Gasteiger partial charge in [-0.3, -0.25) is 4.79 Å². The SMILES string of the molecule is CCNCCC(=O)Nc1ccc(C#N)cc1F. The Balaban J connectivity index is 2.57. The summed E-state index contributed by atoms with van der Waals surface area (Å²) >= 11 is 0. The first-order valence-corrected chi connectivity index (χ1v) is 5.37. The number of halogens is 1. The summed E-state index contributed by atoms with van der Waals surface area (Å²) in [5.74, 6) is -0.851. The molecule has 0 saturated heterocycles. The molecular formula is C12H14FN3O. The van der Waals surface area contributed by atoms with E-state index >= 15 is 0 Å². The van der Waals surface area contributed by atoms with Crippen molar-refractivity contribution >= 4 is 11.6 Å². The highest BCUT2D eigenvalue weighted by atomic mass is 19.1. The fourth-order valence-electron chi connectivity index (χ4n) is 1.28. The van der Waals surface area contributed by atoms with Gasteiger partial charge in [-0.2, -0.15) is 5.26 Å². The standard InChI is InChI=1S/C12H14FN3O/c1-2-15-6-5-12(17)16-11-4-3-9(8-14)7-10(11)13/h3-4,7,15H,2,5-6H2,1H3,(H,16,17). The molecule has 0 aliphatic heterocycles. The van der Waals surface area contributed by atoms with Crippen molar-refractivity contribution in [1.82, 2.24) is 5.32 Å². The van der Waals surface area contributed by atoms with Gasteiger partial charge in [0.05, 0.1) is 17.3 Å². The fraction of sp³-hybridized carbons (Fsp3) is 0.333. The lowest BCUT2D eigenvalue weighted by molar-refractivity contribution is -0.116. The zero-order chi connectivity index (χ0) is 12.7. The topological polar surface area (TPSA) is 64.9 Å². The molecule has 0 aliphatic carbocycles. The minimum atomic E-state index is -0.596. The van der Waals surface area contributed by atoms with Crippen molar-refractivity contribution in [3.63, 3.8) is 0 Å². The van der Waals surface area contributed by atoms with Crippen molar-refractivity contribution in [3.8, 4) is 6.07 Å². The summed E-state index contributed by atoms with van der Waals surface area (Å²) in [7, 11) is 0. The highest BCUT2D eigenvalue weighted by molar-refractivity contribution is 5.91. The molecule has 0 aromatic heterocycles. The molecular weight excluding hydrogens is 221 g/mol. The van der Waals surface area contributed by atoms with Gasteiger partial charge in [-0.25, -0.2) is 4.39 Å². The molecule has 1 aromatic carbocycles. The summed E-state index contributed by atoms with van der Waals surface area (Å²) < 4.78 is 13.4. The Kier molecular flexibility index (Phi) is 5.11. The van der Waals surface area contributed by atoms with Crippen molar-refractivity contribution in [3.05, 3.63) is 29.6 Å². The Morgan fingerprint density at radius 2 is 2.29 bits per heavy atom. The van der Waals surface area contributed by atoms with Crippen LogP contribution < -0.4 is 10.6 Å². The van der Waals surface area contributed by atoms with Gasteiger partial charge in [0.25, 0.3) is 0 Å². The number of carbonyl (C=O) groups is 1. The summed E-state index contributed by atoms with van der Waals surface area (Å²) in [5, 5.41) is 14.0. The third-order valence-electron chi connectivity index (χ3n) is 2.15. The van der Waals surface area contributed by atoms with E-state index in [0.717, 1.165) is 12.6 Å². The van der Waals surface area contributed by atoms with Gasteiger partial charge >= 0.3 is 0 Å². The number of nitrogens with zero attached hydrogens (tertiary/aromatic N) is 1. The number of carbonyl (C=O) groups excluding carboxylic acids is 1. The average Bonchev–Trinajstić information content (AvgIpc) is 2.32. The Morgan fingerprint density at radius 1 is 1.53 bits per heavy atom. The van der Waals surface area contributed by atoms with Gasteiger partial charge in [-0.15, -0.1) is 0 Å². The van der Waals surface area contributed by atoms with Gasteiger partial charge in [-0.05, 0) is 24.7 Å². The van der Waals surface area contributed by atoms with Gasteiger partial charge in [0.15, 0.2) is 0 Å². The smallest absolute Gasteiger partial charge is 0.225 e. The quantitative estimate of drug-likeness (QED) is 0.762. The van der Waals surface area contributed by atoms with Crippen LogP contribution in [0, 0.1) is 17.1 Å². The maximum atomic E-state index is 13.4. The van der Waals surface area contributed by atoms with Gasteiger partial charge < -0.3 is 10.6 Å². The molecule has 17 heavy (non-hydrogen) atoms. The van der Waals surface area contributed by atoms with E-state index in [1.807, 2.05) is 13.0 Å². The minimum absolute atomic E-state index is 0.102. The van der Waals surface area contributed by atoms with Crippen molar-refractivity contribution in [2.45, 2.75) is 13.3 Å². The van der Waals surface area contributed by atoms with Gasteiger partial charge in [0.2, 0.25) is 5.91 Å². The van der Waals surface area contributed by atoms with Crippen molar-refractivity contribution < 1.29 is 9.18 Å². The van der Waals surface area contributed by atoms with E-state index in [9.17, 15) is 9.18 Å². The van der Waals surface area contributed by atoms with Crippen LogP contribution in [0.25, 0.3) is 0 Å². The molecule has 0 heterocycles. The molecule has 0 atom stereocenters. The first-order valence-electron chi connectivity index (χ1n) is 5.37. The summed E-state index contributed by atoms with van der Waals surface area (Å²) in [5.41, 5.74) is 0.332. The Labute approximate surface area is 99.4 Å². The Bertz CT molecular complexity index is 440. The Hall–Kier alpha value is -1.93. The third-order valence-corrected chi connectivity index (χ3v) is 2.15. The number of anilines is 1. The van der Waals surface area contributed by atoms with Crippen molar-refractivity contribution in [2.24, 2.45) is 0 Å². The van der Waals surface area contributed by atoms with Gasteiger partial charge in [0.1, 0.15) is 5.82 Å². The van der Waals surface area contributed by atoms with E-state index in [1.54, 1.807) is 0 Å². The van der Waals surface area contributed by atoms with Crippen LogP contribution in [0.4, 0.5) is 10.1 Å². The molecule has 0 spiro atoms. The van der Waals surface area contributed by atoms with E-state index < -0.39 is 5.82 Å². The molecule has 2 N–H and O–H groups in total. The molecule has 0 bridgehead atoms. The van der Waals surface area contributed by atoms with E-state index in [0.29, 0.717) is 6.54 Å². The average molecular weight is 235 g/mol. The van der Waals surface area contributed by atoms with Crippen LogP contribution in [0.1, 0.15) is 18.9 Å². The highest BCUT2D eigenvalue weighted by Crippen LogP contribution is 2.15. The van der Waals surface area contributed by atoms with Crippen LogP contribution in [0.15, 0.2) is 18.2 Å². The van der Waals surface area contributed by atoms with Crippen molar-refractivity contribution in [2.75, 3.05) is 18.4 Å². The molecule has 1 aromatic rings. The monoisotopic (exact) mass is 235 g/mol. The van der Waals surface area contributed by atoms with E-state index in [2.05, 4.69) is 10.6 Å². The van der Waals surface area contributed by atoms with Crippen LogP contribution in [0.2, 0.25) is 0 Å². The second-order valence-corrected chi connectivity index (χ2v) is 3.46. The molecule has 90 valence electrons. The van der Waals surface area contributed by atoms with Gasteiger partial charge in [-0.1, -0.05) is 6.92 Å². The normalized spacial score (nSPS) is 9.71. The van der Waals surface area contributed by atoms with Crippen LogP contribution in [-0.4, -0.2) is 19.0 Å². The molecule has 4 nitrogen and oxygen atoms in total. The molecule has 0 fully saturated rings. The lowest BCUT2D eigenvalue weighted by atomic mass is 10.2. The molecule has 0 aliphatic rings. The molecule has 5 heteroatoms. The number of amides is 1. The Morgan fingerprint density at radius 3 is 2.88 bits per heavy atom. The largest absolute Gasteiger partial charge is 0.324 e. The van der Waals surface area contributed by atoms with E-state index in [4.69, 9.17) is 5.26 Å². The predicted octanol–water partition coefficient (Wildman–Crippen LogP) is 1.64. The van der Waals surface area contributed by atoms with Crippen LogP contribution >= 0.6 is 0 Å². The minimum Gasteiger partial charge on any atom is -0.324 e.